The number of likely N-dealkylation sites (tertiary alicyclic amines) is 1. The third-order valence-corrected chi connectivity index (χ3v) is 5.39. The molecular formula is C19H29N3O3S. The van der Waals surface area contributed by atoms with Crippen molar-refractivity contribution in [3.8, 4) is 0 Å². The van der Waals surface area contributed by atoms with Crippen LogP contribution in [0.25, 0.3) is 0 Å². The minimum absolute atomic E-state index is 0.0932. The number of amides is 2. The number of hydrogen-bond acceptors (Lipinski definition) is 5. The van der Waals surface area contributed by atoms with E-state index in [4.69, 9.17) is 10.5 Å². The van der Waals surface area contributed by atoms with Crippen LogP contribution in [-0.4, -0.2) is 54.3 Å². The number of hydrogen-bond donors (Lipinski definition) is 2. The Kier molecular flexibility index (Phi) is 8.41. The lowest BCUT2D eigenvalue weighted by atomic mass is 10.1. The summed E-state index contributed by atoms with van der Waals surface area (Å²) < 4.78 is 5.79. The van der Waals surface area contributed by atoms with Gasteiger partial charge in [-0.05, 0) is 57.0 Å². The molecule has 1 fully saturated rings. The molecule has 0 saturated carbocycles. The maximum absolute atomic E-state index is 12.7. The predicted octanol–water partition coefficient (Wildman–Crippen LogP) is 2.48. The van der Waals surface area contributed by atoms with Crippen molar-refractivity contribution in [1.82, 2.24) is 4.90 Å². The van der Waals surface area contributed by atoms with Gasteiger partial charge in [-0.1, -0.05) is 0 Å². The highest BCUT2D eigenvalue weighted by molar-refractivity contribution is 8.00. The summed E-state index contributed by atoms with van der Waals surface area (Å²) in [5.74, 6) is 0.0747. The van der Waals surface area contributed by atoms with Crippen LogP contribution in [0.1, 0.15) is 33.1 Å². The van der Waals surface area contributed by atoms with Crippen molar-refractivity contribution in [2.75, 3.05) is 31.6 Å². The summed E-state index contributed by atoms with van der Waals surface area (Å²) >= 11 is 1.54. The topological polar surface area (TPSA) is 84.7 Å². The van der Waals surface area contributed by atoms with Crippen molar-refractivity contribution < 1.29 is 14.3 Å². The Morgan fingerprint density at radius 2 is 1.96 bits per heavy atom. The highest BCUT2D eigenvalue weighted by Crippen LogP contribution is 2.27. The van der Waals surface area contributed by atoms with Gasteiger partial charge in [-0.2, -0.15) is 0 Å². The average Bonchev–Trinajstić information content (AvgIpc) is 2.63. The second-order valence-electron chi connectivity index (χ2n) is 6.50. The number of rotatable bonds is 8. The van der Waals surface area contributed by atoms with Crippen LogP contribution in [0.2, 0.25) is 0 Å². The monoisotopic (exact) mass is 379 g/mol. The molecule has 26 heavy (non-hydrogen) atoms. The van der Waals surface area contributed by atoms with E-state index in [9.17, 15) is 9.59 Å². The van der Waals surface area contributed by atoms with Crippen molar-refractivity contribution in [3.63, 3.8) is 0 Å². The third kappa shape index (κ3) is 6.63. The van der Waals surface area contributed by atoms with E-state index in [2.05, 4.69) is 5.32 Å². The molecule has 0 spiro atoms. The molecule has 7 heteroatoms. The second-order valence-corrected chi connectivity index (χ2v) is 7.92. The first-order valence-corrected chi connectivity index (χ1v) is 10.0. The number of nitrogens with two attached hydrogens (primary N) is 1. The van der Waals surface area contributed by atoms with Crippen molar-refractivity contribution in [2.45, 2.75) is 49.4 Å². The number of thioether (sulfide) groups is 1. The second kappa shape index (κ2) is 10.5. The Morgan fingerprint density at radius 1 is 1.31 bits per heavy atom. The van der Waals surface area contributed by atoms with E-state index in [0.717, 1.165) is 42.9 Å². The Balaban J connectivity index is 1.78. The predicted molar refractivity (Wildman–Crippen MR) is 105 cm³/mol. The molecule has 144 valence electrons. The summed E-state index contributed by atoms with van der Waals surface area (Å²) in [7, 11) is 0. The molecule has 1 aromatic rings. The number of carbonyl (C=O) groups is 2. The fraction of sp³-hybridized carbons (Fsp3) is 0.579. The minimum atomic E-state index is -0.142. The molecule has 1 atom stereocenters. The number of piperidine rings is 1. The van der Waals surface area contributed by atoms with Crippen molar-refractivity contribution in [3.05, 3.63) is 24.3 Å². The third-order valence-electron chi connectivity index (χ3n) is 4.29. The number of ether oxygens (including phenoxy) is 1. The van der Waals surface area contributed by atoms with Crippen LogP contribution in [0.15, 0.2) is 29.2 Å². The zero-order valence-electron chi connectivity index (χ0n) is 15.6. The van der Waals surface area contributed by atoms with E-state index in [1.807, 2.05) is 36.1 Å². The van der Waals surface area contributed by atoms with Crippen LogP contribution in [0.3, 0.4) is 0 Å². The standard InChI is InChI=1S/C19H29N3O3S/c1-14(26-18-6-4-16(5-7-18)21-15(2)23)19(24)22-11-8-17(9-12-22)25-13-3-10-20/h4-7,14,17H,3,8-13,20H2,1-2H3,(H,21,23). The Labute approximate surface area is 159 Å². The summed E-state index contributed by atoms with van der Waals surface area (Å²) in [6.45, 7) is 6.28. The molecule has 0 radical (unpaired) electrons. The normalized spacial score (nSPS) is 16.3. The van der Waals surface area contributed by atoms with Gasteiger partial charge in [-0.3, -0.25) is 9.59 Å². The number of nitrogens with one attached hydrogen (secondary N) is 1. The molecule has 0 aromatic heterocycles. The average molecular weight is 380 g/mol. The molecule has 1 aliphatic heterocycles. The lowest BCUT2D eigenvalue weighted by Crippen LogP contribution is -2.44. The zero-order chi connectivity index (χ0) is 18.9. The first-order chi connectivity index (χ1) is 12.5. The summed E-state index contributed by atoms with van der Waals surface area (Å²) in [6, 6.07) is 7.56. The molecule has 1 heterocycles. The molecule has 1 aromatic carbocycles. The zero-order valence-corrected chi connectivity index (χ0v) is 16.4. The highest BCUT2D eigenvalue weighted by Gasteiger charge is 2.26. The smallest absolute Gasteiger partial charge is 0.235 e. The molecule has 0 bridgehead atoms. The van der Waals surface area contributed by atoms with Gasteiger partial charge >= 0.3 is 0 Å². The van der Waals surface area contributed by atoms with Gasteiger partial charge in [0.1, 0.15) is 0 Å². The molecule has 2 rings (SSSR count). The molecule has 6 nitrogen and oxygen atoms in total. The first-order valence-electron chi connectivity index (χ1n) is 9.14. The van der Waals surface area contributed by atoms with Crippen LogP contribution in [-0.2, 0) is 14.3 Å². The number of carbonyl (C=O) groups excluding carboxylic acids is 2. The van der Waals surface area contributed by atoms with Crippen LogP contribution in [0.5, 0.6) is 0 Å². The van der Waals surface area contributed by atoms with Crippen molar-refractivity contribution >= 4 is 29.3 Å². The van der Waals surface area contributed by atoms with E-state index in [-0.39, 0.29) is 23.2 Å². The molecule has 1 saturated heterocycles. The van der Waals surface area contributed by atoms with Crippen LogP contribution in [0.4, 0.5) is 5.69 Å². The SMILES string of the molecule is CC(=O)Nc1ccc(SC(C)C(=O)N2CCC(OCCCN)CC2)cc1. The maximum atomic E-state index is 12.7. The van der Waals surface area contributed by atoms with Crippen molar-refractivity contribution in [2.24, 2.45) is 5.73 Å². The van der Waals surface area contributed by atoms with Gasteiger partial charge in [-0.25, -0.2) is 0 Å². The van der Waals surface area contributed by atoms with Crippen LogP contribution in [0, 0.1) is 0 Å². The largest absolute Gasteiger partial charge is 0.378 e. The van der Waals surface area contributed by atoms with Crippen molar-refractivity contribution in [1.29, 1.82) is 0 Å². The summed E-state index contributed by atoms with van der Waals surface area (Å²) in [4.78, 5) is 26.7. The summed E-state index contributed by atoms with van der Waals surface area (Å²) in [5.41, 5.74) is 6.24. The van der Waals surface area contributed by atoms with Gasteiger partial charge in [-0.15, -0.1) is 11.8 Å². The highest BCUT2D eigenvalue weighted by atomic mass is 32.2. The van der Waals surface area contributed by atoms with Gasteiger partial charge in [0.15, 0.2) is 0 Å². The lowest BCUT2D eigenvalue weighted by Gasteiger charge is -2.33. The number of nitrogens with zero attached hydrogens (tertiary/aromatic N) is 1. The first kappa shape index (κ1) is 20.7. The van der Waals surface area contributed by atoms with Gasteiger partial charge in [0.05, 0.1) is 11.4 Å². The Bertz CT molecular complexity index is 586. The fourth-order valence-corrected chi connectivity index (χ4v) is 3.86. The quantitative estimate of drug-likeness (QED) is 0.535. The van der Waals surface area contributed by atoms with E-state index < -0.39 is 0 Å². The van der Waals surface area contributed by atoms with E-state index in [1.54, 1.807) is 11.8 Å². The minimum Gasteiger partial charge on any atom is -0.378 e. The molecular weight excluding hydrogens is 350 g/mol. The van der Waals surface area contributed by atoms with Crippen LogP contribution >= 0.6 is 11.8 Å². The van der Waals surface area contributed by atoms with Gasteiger partial charge in [0.2, 0.25) is 11.8 Å². The van der Waals surface area contributed by atoms with Crippen LogP contribution < -0.4 is 11.1 Å². The lowest BCUT2D eigenvalue weighted by molar-refractivity contribution is -0.133. The summed E-state index contributed by atoms with van der Waals surface area (Å²) in [6.07, 6.45) is 2.90. The molecule has 0 aliphatic carbocycles. The van der Waals surface area contributed by atoms with Gasteiger partial charge in [0, 0.05) is 37.2 Å². The van der Waals surface area contributed by atoms with Gasteiger partial charge < -0.3 is 20.7 Å². The fourth-order valence-electron chi connectivity index (χ4n) is 2.91. The molecule has 1 unspecified atom stereocenters. The van der Waals surface area contributed by atoms with E-state index in [1.165, 1.54) is 6.92 Å². The van der Waals surface area contributed by atoms with E-state index >= 15 is 0 Å². The summed E-state index contributed by atoms with van der Waals surface area (Å²) in [5, 5.41) is 2.60. The maximum Gasteiger partial charge on any atom is 0.235 e. The van der Waals surface area contributed by atoms with Gasteiger partial charge in [0.25, 0.3) is 0 Å². The number of anilines is 1. The number of benzene rings is 1. The molecule has 1 aliphatic rings. The molecule has 3 N–H and O–H groups in total. The molecule has 2 amide bonds. The van der Waals surface area contributed by atoms with E-state index in [0.29, 0.717) is 13.2 Å². The Morgan fingerprint density at radius 3 is 2.54 bits per heavy atom. The Hall–Kier alpha value is -1.57.